The van der Waals surface area contributed by atoms with Gasteiger partial charge in [0.25, 0.3) is 0 Å². The number of amides is 1. The molecule has 104 valence electrons. The van der Waals surface area contributed by atoms with Crippen molar-refractivity contribution in [2.24, 2.45) is 0 Å². The van der Waals surface area contributed by atoms with Crippen LogP contribution in [0.25, 0.3) is 0 Å². The molecule has 1 heterocycles. The fourth-order valence-corrected chi connectivity index (χ4v) is 2.26. The molecule has 0 aliphatic carbocycles. The maximum absolute atomic E-state index is 11.6. The number of carboxylic acids is 1. The van der Waals surface area contributed by atoms with Gasteiger partial charge in [-0.25, -0.2) is 0 Å². The Kier molecular flexibility index (Phi) is 6.95. The average molecular weight is 282 g/mol. The van der Waals surface area contributed by atoms with E-state index in [9.17, 15) is 9.59 Å². The van der Waals surface area contributed by atoms with Gasteiger partial charge in [-0.05, 0) is 24.3 Å². The van der Waals surface area contributed by atoms with Crippen molar-refractivity contribution in [3.05, 3.63) is 24.0 Å². The molecule has 0 fully saturated rings. The molecular formula is C13H18N2O3S. The zero-order valence-electron chi connectivity index (χ0n) is 10.9. The summed E-state index contributed by atoms with van der Waals surface area (Å²) in [5.41, 5.74) is 1.07. The van der Waals surface area contributed by atoms with E-state index in [1.54, 1.807) is 23.9 Å². The Morgan fingerprint density at radius 3 is 2.79 bits per heavy atom. The van der Waals surface area contributed by atoms with Crippen LogP contribution in [0.4, 0.5) is 5.69 Å². The van der Waals surface area contributed by atoms with E-state index < -0.39 is 5.97 Å². The summed E-state index contributed by atoms with van der Waals surface area (Å²) in [5, 5.41) is 11.3. The Balaban J connectivity index is 2.36. The number of unbranched alkanes of at least 4 members (excludes halogenated alkanes) is 1. The topological polar surface area (TPSA) is 79.3 Å². The highest BCUT2D eigenvalue weighted by Crippen LogP contribution is 2.09. The van der Waals surface area contributed by atoms with Gasteiger partial charge in [-0.2, -0.15) is 11.8 Å². The lowest BCUT2D eigenvalue weighted by atomic mass is 10.2. The molecule has 0 bridgehead atoms. The fraction of sp³-hybridized carbons (Fsp3) is 0.462. The average Bonchev–Trinajstić information content (AvgIpc) is 2.36. The lowest BCUT2D eigenvalue weighted by molar-refractivity contribution is -0.136. The molecule has 1 rings (SSSR count). The van der Waals surface area contributed by atoms with Crippen LogP contribution in [0.3, 0.4) is 0 Å². The summed E-state index contributed by atoms with van der Waals surface area (Å²) < 4.78 is 0. The molecule has 1 amide bonds. The Labute approximate surface area is 116 Å². The van der Waals surface area contributed by atoms with E-state index in [1.807, 2.05) is 0 Å². The van der Waals surface area contributed by atoms with Crippen LogP contribution in [0.15, 0.2) is 18.3 Å². The summed E-state index contributed by atoms with van der Waals surface area (Å²) in [5.74, 6) is 0.432. The van der Waals surface area contributed by atoms with Crippen molar-refractivity contribution in [3.8, 4) is 0 Å². The molecule has 0 saturated carbocycles. The number of hydrogen-bond donors (Lipinski definition) is 2. The fourth-order valence-electron chi connectivity index (χ4n) is 1.37. The van der Waals surface area contributed by atoms with Crippen LogP contribution in [0, 0.1) is 0 Å². The largest absolute Gasteiger partial charge is 0.481 e. The molecule has 5 nitrogen and oxygen atoms in total. The van der Waals surface area contributed by atoms with E-state index in [2.05, 4.69) is 17.2 Å². The number of pyridine rings is 1. The maximum atomic E-state index is 11.6. The number of carboxylic acid groups (broad SMARTS) is 1. The number of carbonyl (C=O) groups excluding carboxylic acids is 1. The molecule has 1 aromatic rings. The van der Waals surface area contributed by atoms with Crippen LogP contribution in [0.1, 0.15) is 25.5 Å². The van der Waals surface area contributed by atoms with Crippen LogP contribution < -0.4 is 5.32 Å². The number of nitrogens with zero attached hydrogens (tertiary/aromatic N) is 1. The van der Waals surface area contributed by atoms with Crippen molar-refractivity contribution in [3.63, 3.8) is 0 Å². The summed E-state index contributed by atoms with van der Waals surface area (Å²) in [6.07, 6.45) is 3.61. The number of aromatic nitrogens is 1. The quantitative estimate of drug-likeness (QED) is 0.714. The molecule has 0 radical (unpaired) electrons. The van der Waals surface area contributed by atoms with Gasteiger partial charge < -0.3 is 10.4 Å². The van der Waals surface area contributed by atoms with E-state index in [4.69, 9.17) is 5.11 Å². The summed E-state index contributed by atoms with van der Waals surface area (Å²) >= 11 is 1.61. The molecular weight excluding hydrogens is 264 g/mol. The summed E-state index contributed by atoms with van der Waals surface area (Å²) in [6, 6.07) is 3.27. The van der Waals surface area contributed by atoms with Gasteiger partial charge >= 0.3 is 5.97 Å². The van der Waals surface area contributed by atoms with Gasteiger partial charge in [0.1, 0.15) is 0 Å². The highest BCUT2D eigenvalue weighted by Gasteiger charge is 2.04. The van der Waals surface area contributed by atoms with E-state index >= 15 is 0 Å². The highest BCUT2D eigenvalue weighted by molar-refractivity contribution is 7.99. The minimum Gasteiger partial charge on any atom is -0.481 e. The standard InChI is InChI=1S/C13H18N2O3S/c1-2-3-6-19-9-12(16)15-11-5-4-10(14-8-11)7-13(17)18/h4-5,8H,2-3,6-7,9H2,1H3,(H,15,16)(H,17,18). The maximum Gasteiger partial charge on any atom is 0.309 e. The Morgan fingerprint density at radius 2 is 2.21 bits per heavy atom. The highest BCUT2D eigenvalue weighted by atomic mass is 32.2. The third-order valence-corrected chi connectivity index (χ3v) is 3.36. The molecule has 0 spiro atoms. The normalized spacial score (nSPS) is 10.2. The third-order valence-electron chi connectivity index (χ3n) is 2.32. The Morgan fingerprint density at radius 1 is 1.42 bits per heavy atom. The zero-order chi connectivity index (χ0) is 14.1. The van der Waals surface area contributed by atoms with Gasteiger partial charge in [-0.15, -0.1) is 0 Å². The minimum atomic E-state index is -0.920. The second kappa shape index (κ2) is 8.53. The van der Waals surface area contributed by atoms with Gasteiger partial charge in [0.05, 0.1) is 29.8 Å². The zero-order valence-corrected chi connectivity index (χ0v) is 11.7. The summed E-state index contributed by atoms with van der Waals surface area (Å²) in [6.45, 7) is 2.12. The van der Waals surface area contributed by atoms with E-state index in [0.29, 0.717) is 17.1 Å². The second-order valence-corrected chi connectivity index (χ2v) is 5.17. The van der Waals surface area contributed by atoms with Crippen molar-refractivity contribution in [2.75, 3.05) is 16.8 Å². The van der Waals surface area contributed by atoms with Crippen molar-refractivity contribution in [1.29, 1.82) is 0 Å². The van der Waals surface area contributed by atoms with E-state index in [0.717, 1.165) is 18.6 Å². The van der Waals surface area contributed by atoms with Crippen molar-refractivity contribution < 1.29 is 14.7 Å². The van der Waals surface area contributed by atoms with Crippen molar-refractivity contribution in [1.82, 2.24) is 4.98 Å². The first-order valence-corrected chi connectivity index (χ1v) is 7.31. The first kappa shape index (κ1) is 15.5. The van der Waals surface area contributed by atoms with Gasteiger partial charge in [-0.1, -0.05) is 13.3 Å². The number of thioether (sulfide) groups is 1. The third kappa shape index (κ3) is 6.81. The van der Waals surface area contributed by atoms with Crippen LogP contribution in [-0.2, 0) is 16.0 Å². The first-order valence-electron chi connectivity index (χ1n) is 6.16. The van der Waals surface area contributed by atoms with Gasteiger partial charge in [0.15, 0.2) is 0 Å². The Bertz CT molecular complexity index is 420. The molecule has 0 aliphatic rings. The first-order chi connectivity index (χ1) is 9.11. The van der Waals surface area contributed by atoms with Crippen molar-refractivity contribution in [2.45, 2.75) is 26.2 Å². The number of anilines is 1. The molecule has 0 unspecified atom stereocenters. The summed E-state index contributed by atoms with van der Waals surface area (Å²) in [7, 11) is 0. The van der Waals surface area contributed by atoms with E-state index in [1.165, 1.54) is 6.20 Å². The lowest BCUT2D eigenvalue weighted by Gasteiger charge is -2.05. The molecule has 0 aliphatic heterocycles. The molecule has 0 aromatic carbocycles. The molecule has 0 saturated heterocycles. The van der Waals surface area contributed by atoms with Crippen LogP contribution in [-0.4, -0.2) is 33.5 Å². The Hall–Kier alpha value is -1.56. The molecule has 6 heteroatoms. The molecule has 1 aromatic heterocycles. The monoisotopic (exact) mass is 282 g/mol. The van der Waals surface area contributed by atoms with Crippen LogP contribution in [0.5, 0.6) is 0 Å². The summed E-state index contributed by atoms with van der Waals surface area (Å²) in [4.78, 5) is 26.1. The number of hydrogen-bond acceptors (Lipinski definition) is 4. The number of rotatable bonds is 8. The number of nitrogens with one attached hydrogen (secondary N) is 1. The van der Waals surface area contributed by atoms with Crippen LogP contribution in [0.2, 0.25) is 0 Å². The predicted molar refractivity (Wildman–Crippen MR) is 76.4 cm³/mol. The second-order valence-electron chi connectivity index (χ2n) is 4.06. The van der Waals surface area contributed by atoms with Gasteiger partial charge in [0.2, 0.25) is 5.91 Å². The van der Waals surface area contributed by atoms with Crippen LogP contribution >= 0.6 is 11.8 Å². The smallest absolute Gasteiger partial charge is 0.309 e. The van der Waals surface area contributed by atoms with Gasteiger partial charge in [-0.3, -0.25) is 14.6 Å². The minimum absolute atomic E-state index is 0.0612. The molecule has 19 heavy (non-hydrogen) atoms. The van der Waals surface area contributed by atoms with Crippen molar-refractivity contribution >= 4 is 29.3 Å². The van der Waals surface area contributed by atoms with E-state index in [-0.39, 0.29) is 12.3 Å². The number of aliphatic carboxylic acids is 1. The SMILES string of the molecule is CCCCSCC(=O)Nc1ccc(CC(=O)O)nc1. The molecule has 2 N–H and O–H groups in total. The lowest BCUT2D eigenvalue weighted by Crippen LogP contribution is -2.14. The predicted octanol–water partition coefficient (Wildman–Crippen LogP) is 2.18. The number of carbonyl (C=O) groups is 2. The molecule has 0 atom stereocenters. The van der Waals surface area contributed by atoms with Gasteiger partial charge in [0, 0.05) is 0 Å².